The van der Waals surface area contributed by atoms with E-state index in [0.717, 1.165) is 60.9 Å². The fourth-order valence-corrected chi connectivity index (χ4v) is 3.64. The van der Waals surface area contributed by atoms with E-state index in [2.05, 4.69) is 28.6 Å². The third kappa shape index (κ3) is 4.59. The van der Waals surface area contributed by atoms with Gasteiger partial charge < -0.3 is 29.2 Å². The number of aromatic nitrogens is 1. The van der Waals surface area contributed by atoms with Crippen molar-refractivity contribution in [3.8, 4) is 23.0 Å². The number of H-pyrrole nitrogens is 1. The molecule has 2 N–H and O–H groups in total. The topological polar surface area (TPSA) is 64.7 Å². The number of nitrogens with one attached hydrogen (secondary N) is 2. The molecule has 1 aromatic heterocycles. The number of rotatable bonds is 9. The first-order valence-corrected chi connectivity index (χ1v) is 10.1. The van der Waals surface area contributed by atoms with Crippen molar-refractivity contribution in [2.24, 2.45) is 0 Å². The lowest BCUT2D eigenvalue weighted by molar-refractivity contribution is 0.0901. The van der Waals surface area contributed by atoms with Crippen LogP contribution in [0.2, 0.25) is 0 Å². The molecule has 1 atom stereocenters. The summed E-state index contributed by atoms with van der Waals surface area (Å²) in [5.41, 5.74) is 2.50. The summed E-state index contributed by atoms with van der Waals surface area (Å²) in [4.78, 5) is 3.34. The summed E-state index contributed by atoms with van der Waals surface area (Å²) in [6.45, 7) is 2.28. The van der Waals surface area contributed by atoms with Gasteiger partial charge in [-0.05, 0) is 61.7 Å². The van der Waals surface area contributed by atoms with E-state index in [1.54, 1.807) is 14.2 Å². The highest BCUT2D eigenvalue weighted by molar-refractivity contribution is 5.84. The Morgan fingerprint density at radius 1 is 1.03 bits per heavy atom. The summed E-state index contributed by atoms with van der Waals surface area (Å²) in [5.74, 6) is 3.19. The summed E-state index contributed by atoms with van der Waals surface area (Å²) in [7, 11) is 3.35. The van der Waals surface area contributed by atoms with E-state index in [4.69, 9.17) is 18.9 Å². The Bertz CT molecular complexity index is 953. The maximum absolute atomic E-state index is 6.03. The SMILES string of the molecule is COc1ccc2c(c1)OC(CNCCCCc1c[nH]c3ccc(OC)cc13)CO2. The molecule has 1 aliphatic rings. The number of benzene rings is 2. The summed E-state index contributed by atoms with van der Waals surface area (Å²) >= 11 is 0. The Hall–Kier alpha value is -2.86. The molecule has 29 heavy (non-hydrogen) atoms. The molecule has 6 heteroatoms. The van der Waals surface area contributed by atoms with Gasteiger partial charge in [0.25, 0.3) is 0 Å². The van der Waals surface area contributed by atoms with E-state index < -0.39 is 0 Å². The van der Waals surface area contributed by atoms with Crippen LogP contribution in [0.1, 0.15) is 18.4 Å². The molecule has 1 aliphatic heterocycles. The smallest absolute Gasteiger partial charge is 0.165 e. The van der Waals surface area contributed by atoms with Crippen LogP contribution in [0.3, 0.4) is 0 Å². The molecular formula is C23H28N2O4. The van der Waals surface area contributed by atoms with Gasteiger partial charge in [-0.1, -0.05) is 0 Å². The lowest BCUT2D eigenvalue weighted by atomic mass is 10.1. The molecule has 0 amide bonds. The first-order chi connectivity index (χ1) is 14.3. The standard InChI is InChI=1S/C23H28N2O4/c1-26-17-6-8-21-20(11-17)16(13-25-21)5-3-4-10-24-14-19-15-28-22-9-7-18(27-2)12-23(22)29-19/h6-9,11-13,19,24-25H,3-5,10,14-15H2,1-2H3. The van der Waals surface area contributed by atoms with Crippen molar-refractivity contribution in [1.29, 1.82) is 0 Å². The molecule has 2 aromatic carbocycles. The Morgan fingerprint density at radius 3 is 2.72 bits per heavy atom. The van der Waals surface area contributed by atoms with E-state index >= 15 is 0 Å². The molecule has 154 valence electrons. The van der Waals surface area contributed by atoms with Crippen LogP contribution < -0.4 is 24.3 Å². The number of methoxy groups -OCH3 is 2. The van der Waals surface area contributed by atoms with Crippen molar-refractivity contribution in [3.63, 3.8) is 0 Å². The zero-order chi connectivity index (χ0) is 20.1. The number of aromatic amines is 1. The van der Waals surface area contributed by atoms with E-state index in [1.807, 2.05) is 24.3 Å². The molecule has 3 aromatic rings. The van der Waals surface area contributed by atoms with Crippen LogP contribution >= 0.6 is 0 Å². The molecule has 0 aliphatic carbocycles. The normalized spacial score (nSPS) is 15.4. The largest absolute Gasteiger partial charge is 0.497 e. The first kappa shape index (κ1) is 19.5. The zero-order valence-electron chi connectivity index (χ0n) is 17.0. The fraction of sp³-hybridized carbons (Fsp3) is 0.391. The summed E-state index contributed by atoms with van der Waals surface area (Å²) in [5, 5.41) is 4.74. The zero-order valence-corrected chi connectivity index (χ0v) is 17.0. The van der Waals surface area contributed by atoms with Gasteiger partial charge in [-0.3, -0.25) is 0 Å². The number of aryl methyl sites for hydroxylation is 1. The average molecular weight is 396 g/mol. The van der Waals surface area contributed by atoms with Gasteiger partial charge in [-0.25, -0.2) is 0 Å². The van der Waals surface area contributed by atoms with Crippen LogP contribution in [0.25, 0.3) is 10.9 Å². The Balaban J connectivity index is 1.19. The van der Waals surface area contributed by atoms with Gasteiger partial charge in [-0.2, -0.15) is 0 Å². The highest BCUT2D eigenvalue weighted by Gasteiger charge is 2.21. The highest BCUT2D eigenvalue weighted by Crippen LogP contribution is 2.34. The van der Waals surface area contributed by atoms with Crippen LogP contribution in [0.15, 0.2) is 42.6 Å². The van der Waals surface area contributed by atoms with E-state index in [-0.39, 0.29) is 6.10 Å². The highest BCUT2D eigenvalue weighted by atomic mass is 16.6. The average Bonchev–Trinajstić information content (AvgIpc) is 3.17. The second-order valence-corrected chi connectivity index (χ2v) is 7.25. The van der Waals surface area contributed by atoms with Gasteiger partial charge in [0.05, 0.1) is 14.2 Å². The van der Waals surface area contributed by atoms with Crippen LogP contribution in [0.4, 0.5) is 0 Å². The molecule has 6 nitrogen and oxygen atoms in total. The van der Waals surface area contributed by atoms with Gasteiger partial charge in [0, 0.05) is 29.7 Å². The Labute approximate surface area is 171 Å². The Kier molecular flexibility index (Phi) is 6.10. The van der Waals surface area contributed by atoms with Crippen LogP contribution in [-0.2, 0) is 6.42 Å². The summed E-state index contributed by atoms with van der Waals surface area (Å²) in [6.07, 6.45) is 5.39. The van der Waals surface area contributed by atoms with Crippen LogP contribution in [0.5, 0.6) is 23.0 Å². The summed E-state index contributed by atoms with van der Waals surface area (Å²) in [6, 6.07) is 11.8. The number of unbranched alkanes of at least 4 members (excludes halogenated alkanes) is 1. The number of ether oxygens (including phenoxy) is 4. The molecule has 0 radical (unpaired) electrons. The predicted octanol–water partition coefficient (Wildman–Crippen LogP) is 3.94. The van der Waals surface area contributed by atoms with E-state index in [1.165, 1.54) is 10.9 Å². The monoisotopic (exact) mass is 396 g/mol. The van der Waals surface area contributed by atoms with Crippen molar-refractivity contribution in [1.82, 2.24) is 10.3 Å². The minimum absolute atomic E-state index is 0.00990. The minimum atomic E-state index is 0.00990. The molecular weight excluding hydrogens is 368 g/mol. The lowest BCUT2D eigenvalue weighted by Gasteiger charge is -2.27. The van der Waals surface area contributed by atoms with Gasteiger partial charge in [-0.15, -0.1) is 0 Å². The van der Waals surface area contributed by atoms with Crippen LogP contribution in [-0.4, -0.2) is 45.0 Å². The third-order valence-corrected chi connectivity index (χ3v) is 5.27. The first-order valence-electron chi connectivity index (χ1n) is 10.1. The molecule has 2 heterocycles. The molecule has 0 spiro atoms. The van der Waals surface area contributed by atoms with Gasteiger partial charge in [0.2, 0.25) is 0 Å². The van der Waals surface area contributed by atoms with Crippen molar-refractivity contribution >= 4 is 10.9 Å². The van der Waals surface area contributed by atoms with Crippen molar-refractivity contribution in [2.75, 3.05) is 33.9 Å². The van der Waals surface area contributed by atoms with Crippen LogP contribution in [0, 0.1) is 0 Å². The quantitative estimate of drug-likeness (QED) is 0.537. The third-order valence-electron chi connectivity index (χ3n) is 5.27. The molecule has 4 rings (SSSR count). The molecule has 0 saturated heterocycles. The Morgan fingerprint density at radius 2 is 1.86 bits per heavy atom. The molecule has 0 bridgehead atoms. The van der Waals surface area contributed by atoms with E-state index in [0.29, 0.717) is 6.61 Å². The van der Waals surface area contributed by atoms with Gasteiger partial charge in [0.15, 0.2) is 11.5 Å². The van der Waals surface area contributed by atoms with Crippen molar-refractivity contribution in [3.05, 3.63) is 48.2 Å². The molecule has 1 unspecified atom stereocenters. The second-order valence-electron chi connectivity index (χ2n) is 7.25. The maximum atomic E-state index is 6.03. The number of fused-ring (bicyclic) bond motifs is 2. The number of hydrogen-bond donors (Lipinski definition) is 2. The maximum Gasteiger partial charge on any atom is 0.165 e. The van der Waals surface area contributed by atoms with E-state index in [9.17, 15) is 0 Å². The van der Waals surface area contributed by atoms with Gasteiger partial charge in [0.1, 0.15) is 24.2 Å². The molecule has 0 fully saturated rings. The minimum Gasteiger partial charge on any atom is -0.497 e. The molecule has 0 saturated carbocycles. The lowest BCUT2D eigenvalue weighted by Crippen LogP contribution is -2.38. The van der Waals surface area contributed by atoms with Crippen molar-refractivity contribution in [2.45, 2.75) is 25.4 Å². The summed E-state index contributed by atoms with van der Waals surface area (Å²) < 4.78 is 22.4. The predicted molar refractivity (Wildman–Crippen MR) is 114 cm³/mol. The van der Waals surface area contributed by atoms with Crippen molar-refractivity contribution < 1.29 is 18.9 Å². The fourth-order valence-electron chi connectivity index (χ4n) is 3.64. The second kappa shape index (κ2) is 9.09. The van der Waals surface area contributed by atoms with Gasteiger partial charge >= 0.3 is 0 Å². The number of hydrogen-bond acceptors (Lipinski definition) is 5.